The molecule has 0 saturated heterocycles. The fourth-order valence-electron chi connectivity index (χ4n) is 1.95. The van der Waals surface area contributed by atoms with Gasteiger partial charge in [0.25, 0.3) is 0 Å². The van der Waals surface area contributed by atoms with Crippen LogP contribution in [0.4, 0.5) is 4.79 Å². The molecule has 0 unspecified atom stereocenters. The number of hydrogen-bond donors (Lipinski definition) is 0. The van der Waals surface area contributed by atoms with Gasteiger partial charge in [-0.05, 0) is 40.2 Å². The topological polar surface area (TPSA) is 55.8 Å². The Bertz CT molecular complexity index is 587. The SMILES string of the molecule is C=C(COC(C)C)C(=O)CN(Cc1ccccc1)C(=O)OC(C)(C)C. The second kappa shape index (κ2) is 9.37. The zero-order valence-electron chi connectivity index (χ0n) is 15.9. The van der Waals surface area contributed by atoms with Crippen molar-refractivity contribution in [1.82, 2.24) is 4.90 Å². The minimum absolute atomic E-state index is 0.0100. The first kappa shape index (κ1) is 20.9. The van der Waals surface area contributed by atoms with E-state index in [0.29, 0.717) is 12.1 Å². The van der Waals surface area contributed by atoms with Gasteiger partial charge in [0.15, 0.2) is 5.78 Å². The zero-order chi connectivity index (χ0) is 19.0. The molecule has 0 saturated carbocycles. The molecule has 25 heavy (non-hydrogen) atoms. The van der Waals surface area contributed by atoms with E-state index >= 15 is 0 Å². The number of rotatable bonds is 8. The first-order valence-corrected chi connectivity index (χ1v) is 8.43. The van der Waals surface area contributed by atoms with Crippen LogP contribution in [0.25, 0.3) is 0 Å². The molecular formula is C20H29NO4. The van der Waals surface area contributed by atoms with Crippen molar-refractivity contribution in [2.75, 3.05) is 13.2 Å². The average Bonchev–Trinajstić information content (AvgIpc) is 2.51. The standard InChI is InChI=1S/C20H29NO4/c1-15(2)24-14-16(3)18(22)13-21(19(23)25-20(4,5)6)12-17-10-8-7-9-11-17/h7-11,15H,3,12-14H2,1-2,4-6H3. The summed E-state index contributed by atoms with van der Waals surface area (Å²) < 4.78 is 10.8. The van der Waals surface area contributed by atoms with Crippen LogP contribution < -0.4 is 0 Å². The van der Waals surface area contributed by atoms with Gasteiger partial charge in [0.1, 0.15) is 5.60 Å². The van der Waals surface area contributed by atoms with Crippen molar-refractivity contribution in [3.63, 3.8) is 0 Å². The molecule has 1 rings (SSSR count). The summed E-state index contributed by atoms with van der Waals surface area (Å²) in [6.45, 7) is 13.3. The van der Waals surface area contributed by atoms with Gasteiger partial charge in [-0.3, -0.25) is 9.69 Å². The molecule has 0 radical (unpaired) electrons. The summed E-state index contributed by atoms with van der Waals surface area (Å²) in [5.74, 6) is -0.234. The van der Waals surface area contributed by atoms with E-state index in [4.69, 9.17) is 9.47 Å². The average molecular weight is 347 g/mol. The van der Waals surface area contributed by atoms with Crippen LogP contribution in [-0.4, -0.2) is 41.6 Å². The summed E-state index contributed by atoms with van der Waals surface area (Å²) in [4.78, 5) is 26.3. The van der Waals surface area contributed by atoms with Gasteiger partial charge in [0, 0.05) is 12.1 Å². The number of carbonyl (C=O) groups excluding carboxylic acids is 2. The fraction of sp³-hybridized carbons (Fsp3) is 0.500. The summed E-state index contributed by atoms with van der Waals surface area (Å²) in [5.41, 5.74) is 0.632. The lowest BCUT2D eigenvalue weighted by Crippen LogP contribution is -2.40. The molecule has 0 fully saturated rings. The molecule has 138 valence electrons. The molecule has 1 aromatic rings. The first-order chi connectivity index (χ1) is 11.6. The largest absolute Gasteiger partial charge is 0.444 e. The Morgan fingerprint density at radius 1 is 1.16 bits per heavy atom. The molecule has 0 bridgehead atoms. The first-order valence-electron chi connectivity index (χ1n) is 8.43. The number of ketones is 1. The maximum Gasteiger partial charge on any atom is 0.411 e. The van der Waals surface area contributed by atoms with Gasteiger partial charge in [-0.15, -0.1) is 0 Å². The number of benzene rings is 1. The van der Waals surface area contributed by atoms with Gasteiger partial charge in [-0.1, -0.05) is 36.9 Å². The van der Waals surface area contributed by atoms with Crippen molar-refractivity contribution in [3.8, 4) is 0 Å². The lowest BCUT2D eigenvalue weighted by atomic mass is 10.1. The van der Waals surface area contributed by atoms with Crippen LogP contribution in [0.2, 0.25) is 0 Å². The predicted molar refractivity (Wildman–Crippen MR) is 98.3 cm³/mol. The van der Waals surface area contributed by atoms with E-state index in [0.717, 1.165) is 5.56 Å². The van der Waals surface area contributed by atoms with Crippen molar-refractivity contribution < 1.29 is 19.1 Å². The second-order valence-electron chi connectivity index (χ2n) is 7.21. The maximum absolute atomic E-state index is 12.5. The van der Waals surface area contributed by atoms with Crippen LogP contribution in [0.15, 0.2) is 42.5 Å². The Kier molecular flexibility index (Phi) is 7.84. The van der Waals surface area contributed by atoms with Crippen molar-refractivity contribution in [1.29, 1.82) is 0 Å². The van der Waals surface area contributed by atoms with E-state index in [-0.39, 0.29) is 25.0 Å². The lowest BCUT2D eigenvalue weighted by Gasteiger charge is -2.27. The Labute approximate surface area is 150 Å². The fourth-order valence-corrected chi connectivity index (χ4v) is 1.95. The third-order valence-corrected chi connectivity index (χ3v) is 3.19. The predicted octanol–water partition coefficient (Wildman–Crippen LogP) is 3.97. The van der Waals surface area contributed by atoms with E-state index in [1.807, 2.05) is 44.2 Å². The highest BCUT2D eigenvalue weighted by Crippen LogP contribution is 2.13. The minimum atomic E-state index is -0.632. The van der Waals surface area contributed by atoms with Crippen LogP contribution in [0.1, 0.15) is 40.2 Å². The third-order valence-electron chi connectivity index (χ3n) is 3.19. The third kappa shape index (κ3) is 8.49. The van der Waals surface area contributed by atoms with Crippen molar-refractivity contribution in [2.45, 2.75) is 52.9 Å². The Morgan fingerprint density at radius 3 is 2.28 bits per heavy atom. The van der Waals surface area contributed by atoms with E-state index < -0.39 is 11.7 Å². The van der Waals surface area contributed by atoms with Gasteiger partial charge >= 0.3 is 6.09 Å². The van der Waals surface area contributed by atoms with Crippen LogP contribution in [0, 0.1) is 0 Å². The number of nitrogens with zero attached hydrogens (tertiary/aromatic N) is 1. The summed E-state index contributed by atoms with van der Waals surface area (Å²) in [7, 11) is 0. The van der Waals surface area contributed by atoms with E-state index in [2.05, 4.69) is 6.58 Å². The van der Waals surface area contributed by atoms with Gasteiger partial charge < -0.3 is 9.47 Å². The summed E-state index contributed by atoms with van der Waals surface area (Å²) in [6.07, 6.45) is -0.516. The molecular weight excluding hydrogens is 318 g/mol. The molecule has 0 aliphatic carbocycles. The molecule has 0 heterocycles. The number of Topliss-reactive ketones (excluding diaryl/α,β-unsaturated/α-hetero) is 1. The summed E-state index contributed by atoms with van der Waals surface area (Å²) in [6, 6.07) is 9.48. The van der Waals surface area contributed by atoms with Crippen molar-refractivity contribution in [2.24, 2.45) is 0 Å². The molecule has 5 heteroatoms. The van der Waals surface area contributed by atoms with Gasteiger partial charge in [-0.25, -0.2) is 4.79 Å². The van der Waals surface area contributed by atoms with Crippen LogP contribution in [0.3, 0.4) is 0 Å². The zero-order valence-corrected chi connectivity index (χ0v) is 15.9. The highest BCUT2D eigenvalue weighted by Gasteiger charge is 2.25. The van der Waals surface area contributed by atoms with Gasteiger partial charge in [0.2, 0.25) is 0 Å². The molecule has 0 N–H and O–H groups in total. The number of ether oxygens (including phenoxy) is 2. The van der Waals surface area contributed by atoms with E-state index in [1.165, 1.54) is 4.90 Å². The van der Waals surface area contributed by atoms with Crippen molar-refractivity contribution >= 4 is 11.9 Å². The van der Waals surface area contributed by atoms with E-state index in [9.17, 15) is 9.59 Å². The number of carbonyl (C=O) groups is 2. The lowest BCUT2D eigenvalue weighted by molar-refractivity contribution is -0.117. The molecule has 0 aliphatic heterocycles. The Hall–Kier alpha value is -2.14. The van der Waals surface area contributed by atoms with Gasteiger partial charge in [-0.2, -0.15) is 0 Å². The van der Waals surface area contributed by atoms with Gasteiger partial charge in [0.05, 0.1) is 19.3 Å². The van der Waals surface area contributed by atoms with Crippen LogP contribution >= 0.6 is 0 Å². The molecule has 0 atom stereocenters. The van der Waals surface area contributed by atoms with Crippen LogP contribution in [0.5, 0.6) is 0 Å². The van der Waals surface area contributed by atoms with Crippen LogP contribution in [-0.2, 0) is 20.8 Å². The summed E-state index contributed by atoms with van der Waals surface area (Å²) >= 11 is 0. The number of hydrogen-bond acceptors (Lipinski definition) is 4. The van der Waals surface area contributed by atoms with Crippen molar-refractivity contribution in [3.05, 3.63) is 48.0 Å². The van der Waals surface area contributed by atoms with E-state index in [1.54, 1.807) is 20.8 Å². The molecule has 0 aromatic heterocycles. The molecule has 1 aromatic carbocycles. The highest BCUT2D eigenvalue weighted by atomic mass is 16.6. The molecule has 5 nitrogen and oxygen atoms in total. The minimum Gasteiger partial charge on any atom is -0.444 e. The normalized spacial score (nSPS) is 11.3. The quantitative estimate of drug-likeness (QED) is 0.668. The maximum atomic E-state index is 12.5. The molecule has 1 amide bonds. The monoisotopic (exact) mass is 347 g/mol. The Morgan fingerprint density at radius 2 is 1.76 bits per heavy atom. The molecule has 0 aliphatic rings. The molecule has 0 spiro atoms. The highest BCUT2D eigenvalue weighted by molar-refractivity contribution is 5.97. The Balaban J connectivity index is 2.81. The number of amides is 1. The summed E-state index contributed by atoms with van der Waals surface area (Å²) in [5, 5.41) is 0. The second-order valence-corrected chi connectivity index (χ2v) is 7.21. The smallest absolute Gasteiger partial charge is 0.411 e.